The summed E-state index contributed by atoms with van der Waals surface area (Å²) < 4.78 is 5.38. The van der Waals surface area contributed by atoms with Crippen molar-refractivity contribution in [3.63, 3.8) is 0 Å². The minimum atomic E-state index is 0.971. The molecule has 0 fully saturated rings. The number of hydrogen-bond donors (Lipinski definition) is 0. The van der Waals surface area contributed by atoms with Crippen LogP contribution in [-0.4, -0.2) is 7.11 Å². The van der Waals surface area contributed by atoms with Crippen molar-refractivity contribution in [2.75, 3.05) is 7.11 Å². The van der Waals surface area contributed by atoms with Crippen LogP contribution in [0.2, 0.25) is 0 Å². The Morgan fingerprint density at radius 3 is 2.19 bits per heavy atom. The van der Waals surface area contributed by atoms with E-state index in [1.807, 2.05) is 6.07 Å². The lowest BCUT2D eigenvalue weighted by atomic mass is 9.93. The molecule has 84 valence electrons. The van der Waals surface area contributed by atoms with Gasteiger partial charge >= 0.3 is 0 Å². The quantitative estimate of drug-likeness (QED) is 0.695. The third-order valence-corrected chi connectivity index (χ3v) is 3.57. The van der Waals surface area contributed by atoms with Crippen molar-refractivity contribution in [3.8, 4) is 5.75 Å². The van der Waals surface area contributed by atoms with Gasteiger partial charge in [0.15, 0.2) is 0 Å². The molecule has 0 atom stereocenters. The summed E-state index contributed by atoms with van der Waals surface area (Å²) in [4.78, 5) is 0. The van der Waals surface area contributed by atoms with E-state index in [9.17, 15) is 0 Å². The first-order chi connectivity index (χ1) is 7.56. The maximum absolute atomic E-state index is 5.38. The van der Waals surface area contributed by atoms with Gasteiger partial charge in [0, 0.05) is 0 Å². The molecule has 0 unspecified atom stereocenters. The average Bonchev–Trinajstić information content (AvgIpc) is 2.26. The molecule has 0 radical (unpaired) electrons. The monoisotopic (exact) mass is 214 g/mol. The van der Waals surface area contributed by atoms with E-state index in [2.05, 4.69) is 39.8 Å². The lowest BCUT2D eigenvalue weighted by Crippen LogP contribution is -1.94. The van der Waals surface area contributed by atoms with Crippen molar-refractivity contribution in [2.24, 2.45) is 0 Å². The first-order valence-corrected chi connectivity index (χ1v) is 5.60. The van der Waals surface area contributed by atoms with Gasteiger partial charge in [-0.2, -0.15) is 0 Å². The van der Waals surface area contributed by atoms with E-state index in [-0.39, 0.29) is 0 Å². The van der Waals surface area contributed by atoms with Crippen LogP contribution in [0.3, 0.4) is 0 Å². The van der Waals surface area contributed by atoms with Gasteiger partial charge < -0.3 is 4.74 Å². The van der Waals surface area contributed by atoms with Crippen molar-refractivity contribution in [3.05, 3.63) is 40.5 Å². The van der Waals surface area contributed by atoms with Crippen LogP contribution < -0.4 is 4.74 Å². The van der Waals surface area contributed by atoms with Crippen molar-refractivity contribution in [2.45, 2.75) is 27.7 Å². The second kappa shape index (κ2) is 3.82. The summed E-state index contributed by atoms with van der Waals surface area (Å²) in [6, 6.07) is 6.44. The topological polar surface area (TPSA) is 9.23 Å². The maximum Gasteiger partial charge on any atom is 0.122 e. The lowest BCUT2D eigenvalue weighted by Gasteiger charge is -2.14. The van der Waals surface area contributed by atoms with Crippen LogP contribution in [0.4, 0.5) is 0 Å². The third kappa shape index (κ3) is 1.47. The van der Waals surface area contributed by atoms with Gasteiger partial charge in [0.2, 0.25) is 0 Å². The van der Waals surface area contributed by atoms with E-state index in [1.165, 1.54) is 33.0 Å². The summed E-state index contributed by atoms with van der Waals surface area (Å²) in [5, 5.41) is 2.64. The number of aryl methyl sites for hydroxylation is 3. The highest BCUT2D eigenvalue weighted by Gasteiger charge is 2.09. The summed E-state index contributed by atoms with van der Waals surface area (Å²) in [6.07, 6.45) is 0. The summed E-state index contributed by atoms with van der Waals surface area (Å²) in [5.41, 5.74) is 5.34. The Bertz CT molecular complexity index is 553. The normalized spacial score (nSPS) is 10.8. The molecule has 2 aromatic carbocycles. The van der Waals surface area contributed by atoms with Crippen LogP contribution in [0, 0.1) is 27.7 Å². The zero-order valence-electron chi connectivity index (χ0n) is 10.6. The molecule has 0 amide bonds. The first kappa shape index (κ1) is 11.0. The largest absolute Gasteiger partial charge is 0.496 e. The Labute approximate surface area is 97.1 Å². The second-order valence-electron chi connectivity index (χ2n) is 4.43. The average molecular weight is 214 g/mol. The standard InChI is InChI=1S/C15H18O/c1-9-8-13-6-7-14(16-5)12(4)15(13)11(3)10(9)2/h6-8H,1-5H3. The summed E-state index contributed by atoms with van der Waals surface area (Å²) in [5.74, 6) is 0.971. The summed E-state index contributed by atoms with van der Waals surface area (Å²) >= 11 is 0. The fourth-order valence-corrected chi connectivity index (χ4v) is 2.38. The van der Waals surface area contributed by atoms with Gasteiger partial charge in [0.1, 0.15) is 5.75 Å². The summed E-state index contributed by atoms with van der Waals surface area (Å²) in [6.45, 7) is 8.67. The lowest BCUT2D eigenvalue weighted by molar-refractivity contribution is 0.412. The molecule has 0 heterocycles. The van der Waals surface area contributed by atoms with Gasteiger partial charge in [-0.1, -0.05) is 12.1 Å². The molecule has 1 nitrogen and oxygen atoms in total. The number of methoxy groups -OCH3 is 1. The molecule has 0 aliphatic carbocycles. The zero-order chi connectivity index (χ0) is 11.9. The van der Waals surface area contributed by atoms with Crippen LogP contribution in [-0.2, 0) is 0 Å². The number of ether oxygens (including phenoxy) is 1. The molecular weight excluding hydrogens is 196 g/mol. The molecule has 0 bridgehead atoms. The fraction of sp³-hybridized carbons (Fsp3) is 0.333. The fourth-order valence-electron chi connectivity index (χ4n) is 2.38. The number of benzene rings is 2. The molecule has 0 aromatic heterocycles. The van der Waals surface area contributed by atoms with Crippen molar-refractivity contribution >= 4 is 10.8 Å². The van der Waals surface area contributed by atoms with Gasteiger partial charge in [-0.3, -0.25) is 0 Å². The molecule has 0 N–H and O–H groups in total. The van der Waals surface area contributed by atoms with Crippen LogP contribution in [0.25, 0.3) is 10.8 Å². The predicted molar refractivity (Wildman–Crippen MR) is 69.4 cm³/mol. The minimum absolute atomic E-state index is 0.971. The Hall–Kier alpha value is -1.50. The van der Waals surface area contributed by atoms with Crippen LogP contribution >= 0.6 is 0 Å². The zero-order valence-corrected chi connectivity index (χ0v) is 10.6. The number of fused-ring (bicyclic) bond motifs is 1. The van der Waals surface area contributed by atoms with Crippen molar-refractivity contribution in [1.82, 2.24) is 0 Å². The predicted octanol–water partition coefficient (Wildman–Crippen LogP) is 4.08. The van der Waals surface area contributed by atoms with Crippen LogP contribution in [0.5, 0.6) is 5.75 Å². The molecule has 0 saturated heterocycles. The van der Waals surface area contributed by atoms with Gasteiger partial charge in [-0.25, -0.2) is 0 Å². The highest BCUT2D eigenvalue weighted by Crippen LogP contribution is 2.32. The molecule has 0 aliphatic rings. The van der Waals surface area contributed by atoms with Crippen molar-refractivity contribution in [1.29, 1.82) is 0 Å². The number of hydrogen-bond acceptors (Lipinski definition) is 1. The molecule has 2 aromatic rings. The van der Waals surface area contributed by atoms with Gasteiger partial charge in [-0.05, 0) is 66.8 Å². The summed E-state index contributed by atoms with van der Waals surface area (Å²) in [7, 11) is 1.73. The second-order valence-corrected chi connectivity index (χ2v) is 4.43. The van der Waals surface area contributed by atoms with Gasteiger partial charge in [-0.15, -0.1) is 0 Å². The van der Waals surface area contributed by atoms with E-state index in [0.717, 1.165) is 5.75 Å². The van der Waals surface area contributed by atoms with Crippen LogP contribution in [0.15, 0.2) is 18.2 Å². The van der Waals surface area contributed by atoms with E-state index in [0.29, 0.717) is 0 Å². The first-order valence-electron chi connectivity index (χ1n) is 5.60. The van der Waals surface area contributed by atoms with Crippen LogP contribution in [0.1, 0.15) is 22.3 Å². The molecule has 16 heavy (non-hydrogen) atoms. The van der Waals surface area contributed by atoms with E-state index < -0.39 is 0 Å². The highest BCUT2D eigenvalue weighted by atomic mass is 16.5. The minimum Gasteiger partial charge on any atom is -0.496 e. The maximum atomic E-state index is 5.38. The third-order valence-electron chi connectivity index (χ3n) is 3.57. The Kier molecular flexibility index (Phi) is 2.63. The van der Waals surface area contributed by atoms with E-state index in [4.69, 9.17) is 4.74 Å². The number of rotatable bonds is 1. The van der Waals surface area contributed by atoms with Crippen molar-refractivity contribution < 1.29 is 4.74 Å². The molecule has 0 aliphatic heterocycles. The van der Waals surface area contributed by atoms with E-state index >= 15 is 0 Å². The Morgan fingerprint density at radius 2 is 1.56 bits per heavy atom. The Morgan fingerprint density at radius 1 is 0.875 bits per heavy atom. The SMILES string of the molecule is COc1ccc2cc(C)c(C)c(C)c2c1C. The molecule has 0 spiro atoms. The Balaban J connectivity index is 2.92. The molecule has 0 saturated carbocycles. The molecule has 1 heteroatoms. The van der Waals surface area contributed by atoms with Gasteiger partial charge in [0.05, 0.1) is 7.11 Å². The smallest absolute Gasteiger partial charge is 0.122 e. The van der Waals surface area contributed by atoms with Gasteiger partial charge in [0.25, 0.3) is 0 Å². The highest BCUT2D eigenvalue weighted by molar-refractivity contribution is 5.92. The molecule has 2 rings (SSSR count). The molecular formula is C15H18O. The van der Waals surface area contributed by atoms with E-state index in [1.54, 1.807) is 7.11 Å².